The molecule has 0 fully saturated rings. The Balaban J connectivity index is 4.22. The molecule has 17 heavy (non-hydrogen) atoms. The van der Waals surface area contributed by atoms with Gasteiger partial charge in [0, 0.05) is 0 Å². The zero-order valence-electron chi connectivity index (χ0n) is 11.7. The van der Waals surface area contributed by atoms with Gasteiger partial charge in [-0.05, 0) is 27.2 Å². The molecule has 100 valence electrons. The van der Waals surface area contributed by atoms with Gasteiger partial charge >= 0.3 is 5.97 Å². The maximum absolute atomic E-state index is 11.8. The van der Waals surface area contributed by atoms with Gasteiger partial charge in [-0.1, -0.05) is 39.0 Å². The molecule has 0 aliphatic heterocycles. The summed E-state index contributed by atoms with van der Waals surface area (Å²) >= 11 is 0. The summed E-state index contributed by atoms with van der Waals surface area (Å²) in [4.78, 5) is 23.4. The van der Waals surface area contributed by atoms with Gasteiger partial charge in [-0.15, -0.1) is 0 Å². The summed E-state index contributed by atoms with van der Waals surface area (Å²) in [6.45, 7) is 7.44. The predicted molar refractivity (Wildman–Crippen MR) is 68.8 cm³/mol. The minimum Gasteiger partial charge on any atom is -0.465 e. The zero-order valence-corrected chi connectivity index (χ0v) is 11.7. The quantitative estimate of drug-likeness (QED) is 0.353. The molecule has 0 aromatic rings. The van der Waals surface area contributed by atoms with Gasteiger partial charge in [0.1, 0.15) is 11.2 Å². The summed E-state index contributed by atoms with van der Waals surface area (Å²) in [6.07, 6.45) is 6.18. The van der Waals surface area contributed by atoms with Crippen molar-refractivity contribution in [3.8, 4) is 0 Å². The smallest absolute Gasteiger partial charge is 0.319 e. The van der Waals surface area contributed by atoms with Crippen molar-refractivity contribution in [3.05, 3.63) is 0 Å². The van der Waals surface area contributed by atoms with Gasteiger partial charge in [-0.3, -0.25) is 9.59 Å². The molecule has 0 saturated carbocycles. The van der Waals surface area contributed by atoms with Crippen LogP contribution in [0.25, 0.3) is 0 Å². The van der Waals surface area contributed by atoms with E-state index in [9.17, 15) is 9.59 Å². The Morgan fingerprint density at radius 1 is 1.06 bits per heavy atom. The van der Waals surface area contributed by atoms with Crippen molar-refractivity contribution in [2.24, 2.45) is 5.41 Å². The molecule has 0 amide bonds. The minimum atomic E-state index is -0.942. The molecule has 3 heteroatoms. The third-order valence-electron chi connectivity index (χ3n) is 3.28. The highest BCUT2D eigenvalue weighted by atomic mass is 16.5. The molecule has 0 radical (unpaired) electrons. The molecule has 0 aliphatic carbocycles. The summed E-state index contributed by atoms with van der Waals surface area (Å²) in [5.74, 6) is -0.463. The molecular formula is C14H26O3. The first-order valence-corrected chi connectivity index (χ1v) is 6.67. The van der Waals surface area contributed by atoms with Crippen LogP contribution < -0.4 is 0 Å². The summed E-state index contributed by atoms with van der Waals surface area (Å²) in [5, 5.41) is 0. The maximum Gasteiger partial charge on any atom is 0.319 e. The molecular weight excluding hydrogens is 216 g/mol. The maximum atomic E-state index is 11.8. The first kappa shape index (κ1) is 16.1. The van der Waals surface area contributed by atoms with E-state index in [4.69, 9.17) is 4.74 Å². The van der Waals surface area contributed by atoms with Crippen molar-refractivity contribution in [1.82, 2.24) is 0 Å². The number of esters is 1. The topological polar surface area (TPSA) is 43.4 Å². The Morgan fingerprint density at radius 2 is 1.65 bits per heavy atom. The van der Waals surface area contributed by atoms with Crippen LogP contribution in [0.2, 0.25) is 0 Å². The van der Waals surface area contributed by atoms with E-state index >= 15 is 0 Å². The SMILES string of the molecule is CCCCCCCC(C)(C(C)=O)C(=O)OCC. The van der Waals surface area contributed by atoms with E-state index in [1.807, 2.05) is 0 Å². The second-order valence-corrected chi connectivity index (χ2v) is 4.77. The number of carbonyl (C=O) groups excluding carboxylic acids is 2. The van der Waals surface area contributed by atoms with Gasteiger partial charge in [0.15, 0.2) is 0 Å². The molecule has 3 nitrogen and oxygen atoms in total. The third kappa shape index (κ3) is 5.33. The molecule has 0 bridgehead atoms. The average Bonchev–Trinajstić information content (AvgIpc) is 2.28. The van der Waals surface area contributed by atoms with E-state index in [2.05, 4.69) is 6.92 Å². The molecule has 0 aliphatic rings. The van der Waals surface area contributed by atoms with E-state index in [1.54, 1.807) is 13.8 Å². The van der Waals surface area contributed by atoms with E-state index < -0.39 is 5.41 Å². The van der Waals surface area contributed by atoms with Crippen molar-refractivity contribution in [3.63, 3.8) is 0 Å². The Labute approximate surface area is 105 Å². The molecule has 0 N–H and O–H groups in total. The van der Waals surface area contributed by atoms with Crippen molar-refractivity contribution < 1.29 is 14.3 Å². The highest BCUT2D eigenvalue weighted by Gasteiger charge is 2.38. The van der Waals surface area contributed by atoms with Crippen molar-refractivity contribution >= 4 is 11.8 Å². The van der Waals surface area contributed by atoms with Crippen LogP contribution in [0.3, 0.4) is 0 Å². The summed E-state index contributed by atoms with van der Waals surface area (Å²) < 4.78 is 4.99. The van der Waals surface area contributed by atoms with Crippen molar-refractivity contribution in [2.75, 3.05) is 6.61 Å². The van der Waals surface area contributed by atoms with E-state index in [-0.39, 0.29) is 11.8 Å². The second kappa shape index (κ2) is 8.26. The van der Waals surface area contributed by atoms with Crippen LogP contribution in [0.1, 0.15) is 66.2 Å². The van der Waals surface area contributed by atoms with Crippen LogP contribution in [0.5, 0.6) is 0 Å². The fourth-order valence-electron chi connectivity index (χ4n) is 1.79. The van der Waals surface area contributed by atoms with Gasteiger partial charge in [0.05, 0.1) is 6.61 Å². The third-order valence-corrected chi connectivity index (χ3v) is 3.28. The first-order chi connectivity index (χ1) is 7.99. The van der Waals surface area contributed by atoms with Gasteiger partial charge < -0.3 is 4.74 Å². The number of ether oxygens (including phenoxy) is 1. The summed E-state index contributed by atoms with van der Waals surface area (Å²) in [6, 6.07) is 0. The van der Waals surface area contributed by atoms with Crippen LogP contribution in [-0.4, -0.2) is 18.4 Å². The van der Waals surface area contributed by atoms with E-state index in [1.165, 1.54) is 26.2 Å². The molecule has 0 spiro atoms. The standard InChI is InChI=1S/C14H26O3/c1-5-7-8-9-10-11-14(4,12(3)15)13(16)17-6-2/h5-11H2,1-4H3. The van der Waals surface area contributed by atoms with Crippen LogP contribution >= 0.6 is 0 Å². The molecule has 0 saturated heterocycles. The highest BCUT2D eigenvalue weighted by molar-refractivity contribution is 6.02. The number of ketones is 1. The fourth-order valence-corrected chi connectivity index (χ4v) is 1.79. The monoisotopic (exact) mass is 242 g/mol. The van der Waals surface area contributed by atoms with Gasteiger partial charge in [0.2, 0.25) is 0 Å². The lowest BCUT2D eigenvalue weighted by molar-refractivity contribution is -0.159. The van der Waals surface area contributed by atoms with Gasteiger partial charge in [-0.25, -0.2) is 0 Å². The molecule has 0 aromatic heterocycles. The molecule has 0 aromatic carbocycles. The van der Waals surface area contributed by atoms with Crippen LogP contribution in [-0.2, 0) is 14.3 Å². The van der Waals surface area contributed by atoms with Crippen molar-refractivity contribution in [2.45, 2.75) is 66.2 Å². The van der Waals surface area contributed by atoms with E-state index in [0.29, 0.717) is 13.0 Å². The lowest BCUT2D eigenvalue weighted by atomic mass is 9.81. The largest absolute Gasteiger partial charge is 0.465 e. The number of hydrogen-bond donors (Lipinski definition) is 0. The average molecular weight is 242 g/mol. The number of rotatable bonds is 9. The Bertz CT molecular complexity index is 248. The number of carbonyl (C=O) groups is 2. The van der Waals surface area contributed by atoms with E-state index in [0.717, 1.165) is 12.8 Å². The second-order valence-electron chi connectivity index (χ2n) is 4.77. The van der Waals surface area contributed by atoms with Crippen molar-refractivity contribution in [1.29, 1.82) is 0 Å². The first-order valence-electron chi connectivity index (χ1n) is 6.67. The minimum absolute atomic E-state index is 0.0913. The molecule has 0 heterocycles. The molecule has 1 atom stereocenters. The Morgan fingerprint density at radius 3 is 2.12 bits per heavy atom. The van der Waals surface area contributed by atoms with Crippen LogP contribution in [0.4, 0.5) is 0 Å². The zero-order chi connectivity index (χ0) is 13.3. The highest BCUT2D eigenvalue weighted by Crippen LogP contribution is 2.27. The number of hydrogen-bond acceptors (Lipinski definition) is 3. The Kier molecular flexibility index (Phi) is 7.85. The summed E-state index contributed by atoms with van der Waals surface area (Å²) in [5.41, 5.74) is -0.942. The lowest BCUT2D eigenvalue weighted by Crippen LogP contribution is -2.36. The molecule has 1 unspecified atom stereocenters. The molecule has 0 rings (SSSR count). The summed E-state index contributed by atoms with van der Waals surface area (Å²) in [7, 11) is 0. The normalized spacial score (nSPS) is 14.1. The van der Waals surface area contributed by atoms with Crippen LogP contribution in [0.15, 0.2) is 0 Å². The Hall–Kier alpha value is -0.860. The number of unbranched alkanes of at least 4 members (excludes halogenated alkanes) is 4. The van der Waals surface area contributed by atoms with Gasteiger partial charge in [0.25, 0.3) is 0 Å². The fraction of sp³-hybridized carbons (Fsp3) is 0.857. The number of Topliss-reactive ketones (excluding diaryl/α,β-unsaturated/α-hetero) is 1. The lowest BCUT2D eigenvalue weighted by Gasteiger charge is -2.24. The predicted octanol–water partition coefficient (Wildman–Crippen LogP) is 3.51. The van der Waals surface area contributed by atoms with Gasteiger partial charge in [-0.2, -0.15) is 0 Å². The van der Waals surface area contributed by atoms with Crippen LogP contribution in [0, 0.1) is 5.41 Å².